The zero-order chi connectivity index (χ0) is 21.5. The Morgan fingerprint density at radius 2 is 1.73 bits per heavy atom. The monoisotopic (exact) mass is 457 g/mol. The molecule has 0 N–H and O–H groups in total. The maximum atomic E-state index is 9.59. The minimum atomic E-state index is 0.272. The quantitative estimate of drug-likeness (QED) is 0.269. The lowest BCUT2D eigenvalue weighted by Crippen LogP contribution is -2.00. The van der Waals surface area contributed by atoms with Gasteiger partial charge >= 0.3 is 0 Å². The molecule has 0 aliphatic rings. The van der Waals surface area contributed by atoms with Gasteiger partial charge in [0.1, 0.15) is 6.61 Å². The van der Waals surface area contributed by atoms with Crippen LogP contribution in [0.2, 0.25) is 15.1 Å². The molecule has 6 heteroatoms. The van der Waals surface area contributed by atoms with Gasteiger partial charge in [0.25, 0.3) is 0 Å². The minimum Gasteiger partial charge on any atom is -0.490 e. The number of allylic oxidation sites excluding steroid dienone is 1. The van der Waals surface area contributed by atoms with Gasteiger partial charge in [-0.05, 0) is 48.9 Å². The number of nitrogens with zero attached hydrogens (tertiary/aromatic N) is 1. The first-order valence-electron chi connectivity index (χ1n) is 9.22. The number of halogens is 3. The molecule has 0 aliphatic heterocycles. The summed E-state index contributed by atoms with van der Waals surface area (Å²) in [6, 6.07) is 20.2. The van der Waals surface area contributed by atoms with E-state index in [4.69, 9.17) is 44.3 Å². The Hall–Kier alpha value is -2.64. The molecule has 0 amide bonds. The normalized spacial score (nSPS) is 11.1. The van der Waals surface area contributed by atoms with Crippen molar-refractivity contribution in [3.8, 4) is 17.6 Å². The van der Waals surface area contributed by atoms with Crippen LogP contribution in [0, 0.1) is 11.3 Å². The van der Waals surface area contributed by atoms with Gasteiger partial charge in [-0.25, -0.2) is 0 Å². The third-order valence-electron chi connectivity index (χ3n) is 4.26. The fourth-order valence-corrected chi connectivity index (χ4v) is 3.51. The number of nitriles is 1. The smallest absolute Gasteiger partial charge is 0.161 e. The summed E-state index contributed by atoms with van der Waals surface area (Å²) in [5.74, 6) is 1.16. The van der Waals surface area contributed by atoms with Crippen molar-refractivity contribution in [2.45, 2.75) is 13.5 Å². The highest BCUT2D eigenvalue weighted by atomic mass is 35.5. The van der Waals surface area contributed by atoms with Gasteiger partial charge in [-0.2, -0.15) is 5.26 Å². The molecule has 152 valence electrons. The molecule has 3 aromatic rings. The van der Waals surface area contributed by atoms with Crippen molar-refractivity contribution in [3.05, 3.63) is 92.4 Å². The Morgan fingerprint density at radius 3 is 2.43 bits per heavy atom. The van der Waals surface area contributed by atoms with Crippen LogP contribution in [0.3, 0.4) is 0 Å². The van der Waals surface area contributed by atoms with Crippen LogP contribution in [-0.4, -0.2) is 6.61 Å². The van der Waals surface area contributed by atoms with E-state index >= 15 is 0 Å². The summed E-state index contributed by atoms with van der Waals surface area (Å²) < 4.78 is 11.7. The molecule has 0 saturated carbocycles. The molecule has 0 fully saturated rings. The highest BCUT2D eigenvalue weighted by Gasteiger charge is 2.10. The van der Waals surface area contributed by atoms with Crippen LogP contribution in [0.5, 0.6) is 11.5 Å². The number of rotatable bonds is 7. The van der Waals surface area contributed by atoms with Crippen LogP contribution in [0.1, 0.15) is 23.6 Å². The summed E-state index contributed by atoms with van der Waals surface area (Å²) in [5, 5.41) is 11.2. The Morgan fingerprint density at radius 1 is 0.933 bits per heavy atom. The standard InChI is InChI=1S/C24H18Cl3NO2/c1-2-29-24-12-16(11-18(14-28)20-5-3-4-6-21(20)26)7-10-23(24)30-15-17-8-9-19(25)13-22(17)27/h3-13H,2,15H2,1H3. The highest BCUT2D eigenvalue weighted by Crippen LogP contribution is 2.32. The van der Waals surface area contributed by atoms with Crippen LogP contribution in [-0.2, 0) is 6.61 Å². The van der Waals surface area contributed by atoms with Gasteiger partial charge in [0.05, 0.1) is 18.2 Å². The van der Waals surface area contributed by atoms with Crippen LogP contribution in [0.15, 0.2) is 60.7 Å². The largest absolute Gasteiger partial charge is 0.490 e. The summed E-state index contributed by atoms with van der Waals surface area (Å²) in [5.41, 5.74) is 2.76. The highest BCUT2D eigenvalue weighted by molar-refractivity contribution is 6.35. The molecule has 0 bridgehead atoms. The zero-order valence-electron chi connectivity index (χ0n) is 16.2. The molecule has 3 rings (SSSR count). The van der Waals surface area contributed by atoms with Gasteiger partial charge in [-0.1, -0.05) is 65.1 Å². The maximum absolute atomic E-state index is 9.59. The first-order chi connectivity index (χ1) is 14.5. The fourth-order valence-electron chi connectivity index (χ4n) is 2.81. The Labute approximate surface area is 191 Å². The lowest BCUT2D eigenvalue weighted by atomic mass is 10.0. The molecule has 0 aromatic heterocycles. The molecule has 3 aromatic carbocycles. The van der Waals surface area contributed by atoms with Crippen molar-refractivity contribution in [1.29, 1.82) is 5.26 Å². The van der Waals surface area contributed by atoms with E-state index in [0.717, 1.165) is 11.1 Å². The molecule has 0 radical (unpaired) electrons. The summed E-state index contributed by atoms with van der Waals surface area (Å²) in [6.45, 7) is 2.64. The number of hydrogen-bond acceptors (Lipinski definition) is 3. The third kappa shape index (κ3) is 5.49. The van der Waals surface area contributed by atoms with E-state index in [-0.39, 0.29) is 6.61 Å². The summed E-state index contributed by atoms with van der Waals surface area (Å²) in [4.78, 5) is 0. The number of benzene rings is 3. The Kier molecular flexibility index (Phi) is 7.65. The van der Waals surface area contributed by atoms with Crippen LogP contribution in [0.4, 0.5) is 0 Å². The van der Waals surface area contributed by atoms with Gasteiger partial charge in [0.2, 0.25) is 0 Å². The first-order valence-corrected chi connectivity index (χ1v) is 10.4. The average molecular weight is 459 g/mol. The van der Waals surface area contributed by atoms with E-state index < -0.39 is 0 Å². The van der Waals surface area contributed by atoms with Gasteiger partial charge in [0.15, 0.2) is 11.5 Å². The fraction of sp³-hybridized carbons (Fsp3) is 0.125. The van der Waals surface area contributed by atoms with Crippen molar-refractivity contribution in [2.75, 3.05) is 6.61 Å². The molecule has 0 atom stereocenters. The lowest BCUT2D eigenvalue weighted by molar-refractivity contribution is 0.269. The molecule has 0 saturated heterocycles. The predicted molar refractivity (Wildman–Crippen MR) is 123 cm³/mol. The van der Waals surface area contributed by atoms with Crippen LogP contribution >= 0.6 is 34.8 Å². The minimum absolute atomic E-state index is 0.272. The van der Waals surface area contributed by atoms with E-state index in [0.29, 0.717) is 44.3 Å². The molecule has 0 aliphatic carbocycles. The number of ether oxygens (including phenoxy) is 2. The Bertz CT molecular complexity index is 1120. The molecule has 3 nitrogen and oxygen atoms in total. The summed E-state index contributed by atoms with van der Waals surface area (Å²) >= 11 is 18.4. The number of hydrogen-bond donors (Lipinski definition) is 0. The predicted octanol–water partition coefficient (Wildman–Crippen LogP) is 7.69. The SMILES string of the molecule is CCOc1cc(C=C(C#N)c2ccccc2Cl)ccc1OCc1ccc(Cl)cc1Cl. The Balaban J connectivity index is 1.87. The topological polar surface area (TPSA) is 42.2 Å². The van der Waals surface area contributed by atoms with Crippen LogP contribution < -0.4 is 9.47 Å². The van der Waals surface area contributed by atoms with Crippen molar-refractivity contribution in [3.63, 3.8) is 0 Å². The average Bonchev–Trinajstić information content (AvgIpc) is 2.73. The second-order valence-electron chi connectivity index (χ2n) is 6.31. The second-order valence-corrected chi connectivity index (χ2v) is 7.56. The van der Waals surface area contributed by atoms with E-state index in [2.05, 4.69) is 6.07 Å². The zero-order valence-corrected chi connectivity index (χ0v) is 18.4. The van der Waals surface area contributed by atoms with Crippen LogP contribution in [0.25, 0.3) is 11.6 Å². The van der Waals surface area contributed by atoms with Crippen molar-refractivity contribution in [1.82, 2.24) is 0 Å². The first kappa shape index (κ1) is 22.1. The summed E-state index contributed by atoms with van der Waals surface area (Å²) in [6.07, 6.45) is 1.77. The van der Waals surface area contributed by atoms with E-state index in [1.165, 1.54) is 0 Å². The van der Waals surface area contributed by atoms with E-state index in [1.807, 2.05) is 49.4 Å². The van der Waals surface area contributed by atoms with Crippen molar-refractivity contribution < 1.29 is 9.47 Å². The van der Waals surface area contributed by atoms with Gasteiger partial charge in [-0.15, -0.1) is 0 Å². The third-order valence-corrected chi connectivity index (χ3v) is 5.18. The molecule has 0 spiro atoms. The molecule has 0 heterocycles. The molecule has 30 heavy (non-hydrogen) atoms. The van der Waals surface area contributed by atoms with E-state index in [9.17, 15) is 5.26 Å². The van der Waals surface area contributed by atoms with Crippen molar-refractivity contribution >= 4 is 46.5 Å². The molecular formula is C24H18Cl3NO2. The molecular weight excluding hydrogens is 441 g/mol. The van der Waals surface area contributed by atoms with Gasteiger partial charge < -0.3 is 9.47 Å². The molecule has 0 unspecified atom stereocenters. The summed E-state index contributed by atoms with van der Waals surface area (Å²) in [7, 11) is 0. The second kappa shape index (κ2) is 10.4. The lowest BCUT2D eigenvalue weighted by Gasteiger charge is -2.13. The van der Waals surface area contributed by atoms with Gasteiger partial charge in [0, 0.05) is 26.2 Å². The van der Waals surface area contributed by atoms with E-state index in [1.54, 1.807) is 24.3 Å². The van der Waals surface area contributed by atoms with Crippen molar-refractivity contribution in [2.24, 2.45) is 0 Å². The maximum Gasteiger partial charge on any atom is 0.161 e. The van der Waals surface area contributed by atoms with Gasteiger partial charge in [-0.3, -0.25) is 0 Å².